The van der Waals surface area contributed by atoms with Crippen LogP contribution in [0.3, 0.4) is 0 Å². The minimum absolute atomic E-state index is 0.325. The van der Waals surface area contributed by atoms with E-state index in [4.69, 9.17) is 0 Å². The summed E-state index contributed by atoms with van der Waals surface area (Å²) in [5.74, 6) is 0.325. The van der Waals surface area contributed by atoms with Crippen LogP contribution in [0.25, 0.3) is 0 Å². The fourth-order valence-corrected chi connectivity index (χ4v) is 2.43. The summed E-state index contributed by atoms with van der Waals surface area (Å²) in [5.41, 5.74) is 3.55. The van der Waals surface area contributed by atoms with E-state index in [1.165, 1.54) is 11.1 Å². The lowest BCUT2D eigenvalue weighted by atomic mass is 10.1. The molecule has 19 heavy (non-hydrogen) atoms. The average molecular weight is 320 g/mol. The van der Waals surface area contributed by atoms with Gasteiger partial charge in [-0.1, -0.05) is 42.0 Å². The smallest absolute Gasteiger partial charge is 0.134 e. The molecule has 100 valence electrons. The first kappa shape index (κ1) is 14.1. The molecule has 0 aliphatic heterocycles. The molecule has 0 aliphatic carbocycles. The lowest BCUT2D eigenvalue weighted by Gasteiger charge is -2.08. The molecular formula is C16H18BrNO. The maximum atomic E-state index is 9.86. The number of para-hydroxylation sites is 1. The van der Waals surface area contributed by atoms with E-state index >= 15 is 0 Å². The van der Waals surface area contributed by atoms with Gasteiger partial charge in [0.25, 0.3) is 0 Å². The largest absolute Gasteiger partial charge is 0.506 e. The first-order valence-electron chi connectivity index (χ1n) is 6.39. The van der Waals surface area contributed by atoms with E-state index in [-0.39, 0.29) is 0 Å². The van der Waals surface area contributed by atoms with Crippen LogP contribution < -0.4 is 5.32 Å². The number of phenolic OH excluding ortho intramolecular Hbond substituents is 1. The summed E-state index contributed by atoms with van der Waals surface area (Å²) in [6.07, 6.45) is 0.996. The van der Waals surface area contributed by atoms with Crippen LogP contribution in [-0.4, -0.2) is 11.7 Å². The Bertz CT molecular complexity index is 554. The van der Waals surface area contributed by atoms with Crippen molar-refractivity contribution in [1.29, 1.82) is 0 Å². The van der Waals surface area contributed by atoms with Crippen molar-refractivity contribution in [3.63, 3.8) is 0 Å². The van der Waals surface area contributed by atoms with Crippen LogP contribution in [0.1, 0.15) is 16.7 Å². The molecule has 2 rings (SSSR count). The third-order valence-corrected chi connectivity index (χ3v) is 3.70. The minimum atomic E-state index is 0.325. The van der Waals surface area contributed by atoms with Crippen molar-refractivity contribution in [2.45, 2.75) is 19.9 Å². The Morgan fingerprint density at radius 1 is 1.16 bits per heavy atom. The van der Waals surface area contributed by atoms with Gasteiger partial charge in [0.15, 0.2) is 0 Å². The average Bonchev–Trinajstić information content (AvgIpc) is 2.39. The SMILES string of the molecule is Cc1cccc(CCNCc2cccc(Br)c2O)c1. The molecule has 0 unspecified atom stereocenters. The molecule has 0 bridgehead atoms. The first-order valence-corrected chi connectivity index (χ1v) is 7.19. The van der Waals surface area contributed by atoms with Crippen molar-refractivity contribution in [2.75, 3.05) is 6.54 Å². The number of phenols is 1. The highest BCUT2D eigenvalue weighted by molar-refractivity contribution is 9.10. The number of aromatic hydroxyl groups is 1. The molecule has 2 aromatic rings. The lowest BCUT2D eigenvalue weighted by molar-refractivity contribution is 0.461. The van der Waals surface area contributed by atoms with Gasteiger partial charge >= 0.3 is 0 Å². The summed E-state index contributed by atoms with van der Waals surface area (Å²) in [7, 11) is 0. The van der Waals surface area contributed by atoms with Gasteiger partial charge in [-0.3, -0.25) is 0 Å². The Balaban J connectivity index is 1.82. The molecule has 0 atom stereocenters. The Morgan fingerprint density at radius 3 is 2.74 bits per heavy atom. The fourth-order valence-electron chi connectivity index (χ4n) is 2.03. The predicted molar refractivity (Wildman–Crippen MR) is 82.4 cm³/mol. The van der Waals surface area contributed by atoms with Crippen LogP contribution in [0.2, 0.25) is 0 Å². The summed E-state index contributed by atoms with van der Waals surface area (Å²) in [6, 6.07) is 14.2. The van der Waals surface area contributed by atoms with Crippen molar-refractivity contribution in [1.82, 2.24) is 5.32 Å². The van der Waals surface area contributed by atoms with E-state index in [1.807, 2.05) is 18.2 Å². The number of aryl methyl sites for hydroxylation is 1. The fraction of sp³-hybridized carbons (Fsp3) is 0.250. The van der Waals surface area contributed by atoms with E-state index < -0.39 is 0 Å². The van der Waals surface area contributed by atoms with E-state index in [1.54, 1.807) is 0 Å². The monoisotopic (exact) mass is 319 g/mol. The Labute approximate surface area is 122 Å². The summed E-state index contributed by atoms with van der Waals surface area (Å²) < 4.78 is 0.741. The topological polar surface area (TPSA) is 32.3 Å². The van der Waals surface area contributed by atoms with E-state index in [2.05, 4.69) is 52.4 Å². The van der Waals surface area contributed by atoms with Gasteiger partial charge in [0.05, 0.1) is 4.47 Å². The molecule has 0 amide bonds. The second-order valence-corrected chi connectivity index (χ2v) is 5.52. The van der Waals surface area contributed by atoms with Gasteiger partial charge in [0.1, 0.15) is 5.75 Å². The number of rotatable bonds is 5. The third-order valence-electron chi connectivity index (χ3n) is 3.06. The molecule has 0 fully saturated rings. The van der Waals surface area contributed by atoms with Crippen molar-refractivity contribution >= 4 is 15.9 Å². The van der Waals surface area contributed by atoms with Crippen molar-refractivity contribution in [3.05, 3.63) is 63.6 Å². The molecule has 2 aromatic carbocycles. The lowest BCUT2D eigenvalue weighted by Crippen LogP contribution is -2.16. The minimum Gasteiger partial charge on any atom is -0.506 e. The quantitative estimate of drug-likeness (QED) is 0.822. The molecule has 0 saturated carbocycles. The number of halogens is 1. The second kappa shape index (κ2) is 6.73. The summed E-state index contributed by atoms with van der Waals surface area (Å²) in [4.78, 5) is 0. The Morgan fingerprint density at radius 2 is 1.95 bits per heavy atom. The second-order valence-electron chi connectivity index (χ2n) is 4.66. The van der Waals surface area contributed by atoms with Gasteiger partial charge in [-0.25, -0.2) is 0 Å². The van der Waals surface area contributed by atoms with Gasteiger partial charge in [-0.05, 0) is 47.4 Å². The summed E-state index contributed by atoms with van der Waals surface area (Å²) in [6.45, 7) is 3.68. The highest BCUT2D eigenvalue weighted by Gasteiger charge is 2.03. The third kappa shape index (κ3) is 4.08. The zero-order valence-corrected chi connectivity index (χ0v) is 12.6. The van der Waals surface area contributed by atoms with Crippen LogP contribution in [-0.2, 0) is 13.0 Å². The molecule has 2 nitrogen and oxygen atoms in total. The number of benzene rings is 2. The number of hydrogen-bond acceptors (Lipinski definition) is 2. The van der Waals surface area contributed by atoms with Gasteiger partial charge in [0, 0.05) is 12.1 Å². The predicted octanol–water partition coefficient (Wildman–Crippen LogP) is 3.80. The van der Waals surface area contributed by atoms with Crippen molar-refractivity contribution < 1.29 is 5.11 Å². The van der Waals surface area contributed by atoms with Crippen LogP contribution >= 0.6 is 15.9 Å². The number of nitrogens with one attached hydrogen (secondary N) is 1. The Kier molecular flexibility index (Phi) is 5.00. The zero-order valence-electron chi connectivity index (χ0n) is 11.0. The van der Waals surface area contributed by atoms with Gasteiger partial charge in [-0.2, -0.15) is 0 Å². The molecule has 0 radical (unpaired) electrons. The van der Waals surface area contributed by atoms with Crippen LogP contribution in [0.15, 0.2) is 46.9 Å². The first-order chi connectivity index (χ1) is 9.16. The van der Waals surface area contributed by atoms with Gasteiger partial charge < -0.3 is 10.4 Å². The van der Waals surface area contributed by atoms with Crippen LogP contribution in [0.5, 0.6) is 5.75 Å². The standard InChI is InChI=1S/C16H18BrNO/c1-12-4-2-5-13(10-12)8-9-18-11-14-6-3-7-15(17)16(14)19/h2-7,10,18-19H,8-9,11H2,1H3. The van der Waals surface area contributed by atoms with Crippen molar-refractivity contribution in [3.8, 4) is 5.75 Å². The maximum Gasteiger partial charge on any atom is 0.134 e. The van der Waals surface area contributed by atoms with E-state index in [0.29, 0.717) is 12.3 Å². The Hall–Kier alpha value is -1.32. The highest BCUT2D eigenvalue weighted by Crippen LogP contribution is 2.27. The molecular weight excluding hydrogens is 302 g/mol. The van der Waals surface area contributed by atoms with E-state index in [0.717, 1.165) is 23.0 Å². The molecule has 3 heteroatoms. The maximum absolute atomic E-state index is 9.86. The highest BCUT2D eigenvalue weighted by atomic mass is 79.9. The van der Waals surface area contributed by atoms with Crippen molar-refractivity contribution in [2.24, 2.45) is 0 Å². The normalized spacial score (nSPS) is 10.6. The van der Waals surface area contributed by atoms with Gasteiger partial charge in [0.2, 0.25) is 0 Å². The molecule has 0 spiro atoms. The summed E-state index contributed by atoms with van der Waals surface area (Å²) in [5, 5.41) is 13.2. The van der Waals surface area contributed by atoms with E-state index in [9.17, 15) is 5.11 Å². The zero-order chi connectivity index (χ0) is 13.7. The van der Waals surface area contributed by atoms with Gasteiger partial charge in [-0.15, -0.1) is 0 Å². The molecule has 2 N–H and O–H groups in total. The molecule has 0 saturated heterocycles. The molecule has 0 aliphatic rings. The number of hydrogen-bond donors (Lipinski definition) is 2. The van der Waals surface area contributed by atoms with Crippen LogP contribution in [0.4, 0.5) is 0 Å². The summed E-state index contributed by atoms with van der Waals surface area (Å²) >= 11 is 3.32. The molecule has 0 aromatic heterocycles. The van der Waals surface area contributed by atoms with Crippen LogP contribution in [0, 0.1) is 6.92 Å². The molecule has 0 heterocycles.